The highest BCUT2D eigenvalue weighted by molar-refractivity contribution is 5.83. The molecule has 0 aliphatic rings. The van der Waals surface area contributed by atoms with Crippen LogP contribution in [-0.4, -0.2) is 38.3 Å². The Hall–Kier alpha value is -2.12. The second-order valence-corrected chi connectivity index (χ2v) is 4.90. The largest absolute Gasteiger partial charge is 0.480 e. The van der Waals surface area contributed by atoms with Gasteiger partial charge in [0.05, 0.1) is 6.54 Å². The summed E-state index contributed by atoms with van der Waals surface area (Å²) in [5, 5.41) is 20.1. The van der Waals surface area contributed by atoms with Crippen molar-refractivity contribution >= 4 is 12.0 Å². The Morgan fingerprint density at radius 2 is 2.17 bits per heavy atom. The lowest BCUT2D eigenvalue weighted by atomic mass is 9.87. The molecule has 1 atom stereocenters. The molecule has 8 nitrogen and oxygen atoms in total. The van der Waals surface area contributed by atoms with E-state index in [2.05, 4.69) is 25.8 Å². The fourth-order valence-electron chi connectivity index (χ4n) is 1.31. The zero-order valence-corrected chi connectivity index (χ0v) is 10.5. The van der Waals surface area contributed by atoms with Crippen molar-refractivity contribution in [3.05, 3.63) is 12.2 Å². The lowest BCUT2D eigenvalue weighted by Gasteiger charge is -2.27. The first-order chi connectivity index (χ1) is 8.30. The molecule has 1 heterocycles. The van der Waals surface area contributed by atoms with Crippen LogP contribution >= 0.6 is 0 Å². The Balaban J connectivity index is 2.49. The molecule has 0 fully saturated rings. The number of carboxylic acid groups (broad SMARTS) is 1. The topological polar surface area (TPSA) is 120 Å². The van der Waals surface area contributed by atoms with Gasteiger partial charge in [-0.05, 0) is 5.41 Å². The van der Waals surface area contributed by atoms with E-state index in [1.165, 1.54) is 6.33 Å². The van der Waals surface area contributed by atoms with E-state index in [1.54, 1.807) is 20.8 Å². The van der Waals surface area contributed by atoms with Gasteiger partial charge in [0.2, 0.25) is 0 Å². The molecular formula is C10H17N5O3. The molecule has 0 spiro atoms. The lowest BCUT2D eigenvalue weighted by molar-refractivity contribution is -0.141. The summed E-state index contributed by atoms with van der Waals surface area (Å²) in [6.45, 7) is 5.37. The molecule has 0 saturated heterocycles. The number of aromatic nitrogens is 3. The minimum Gasteiger partial charge on any atom is -0.480 e. The van der Waals surface area contributed by atoms with E-state index in [0.29, 0.717) is 5.82 Å². The average Bonchev–Trinajstić information content (AvgIpc) is 2.73. The minimum absolute atomic E-state index is 0.155. The van der Waals surface area contributed by atoms with Crippen LogP contribution in [-0.2, 0) is 11.3 Å². The van der Waals surface area contributed by atoms with Gasteiger partial charge in [0.25, 0.3) is 0 Å². The highest BCUT2D eigenvalue weighted by Crippen LogP contribution is 2.19. The zero-order valence-electron chi connectivity index (χ0n) is 10.5. The summed E-state index contributed by atoms with van der Waals surface area (Å²) < 4.78 is 0. The Kier molecular flexibility index (Phi) is 4.24. The maximum Gasteiger partial charge on any atom is 0.326 e. The molecule has 1 unspecified atom stereocenters. The third-order valence-corrected chi connectivity index (χ3v) is 2.27. The van der Waals surface area contributed by atoms with Crippen LogP contribution in [0.2, 0.25) is 0 Å². The van der Waals surface area contributed by atoms with Crippen molar-refractivity contribution in [3.63, 3.8) is 0 Å². The van der Waals surface area contributed by atoms with Crippen molar-refractivity contribution in [2.45, 2.75) is 33.4 Å². The number of rotatable bonds is 4. The number of aromatic amines is 1. The summed E-state index contributed by atoms with van der Waals surface area (Å²) >= 11 is 0. The van der Waals surface area contributed by atoms with Gasteiger partial charge in [-0.1, -0.05) is 20.8 Å². The quantitative estimate of drug-likeness (QED) is 0.608. The van der Waals surface area contributed by atoms with Crippen molar-refractivity contribution in [3.8, 4) is 0 Å². The summed E-state index contributed by atoms with van der Waals surface area (Å²) in [4.78, 5) is 26.4. The molecule has 18 heavy (non-hydrogen) atoms. The number of nitrogens with one attached hydrogen (secondary N) is 3. The Bertz CT molecular complexity index is 410. The van der Waals surface area contributed by atoms with Gasteiger partial charge in [-0.25, -0.2) is 14.6 Å². The first-order valence-corrected chi connectivity index (χ1v) is 5.42. The molecule has 1 rings (SSSR count). The number of carboxylic acids is 1. The number of H-pyrrole nitrogens is 1. The molecule has 0 saturated carbocycles. The molecule has 0 aromatic carbocycles. The average molecular weight is 255 g/mol. The second kappa shape index (κ2) is 5.48. The second-order valence-electron chi connectivity index (χ2n) is 4.90. The van der Waals surface area contributed by atoms with E-state index >= 15 is 0 Å². The van der Waals surface area contributed by atoms with E-state index in [0.717, 1.165) is 0 Å². The van der Waals surface area contributed by atoms with E-state index in [9.17, 15) is 9.59 Å². The zero-order chi connectivity index (χ0) is 13.8. The molecule has 0 bridgehead atoms. The van der Waals surface area contributed by atoms with Crippen molar-refractivity contribution in [1.29, 1.82) is 0 Å². The molecule has 0 aliphatic carbocycles. The number of carbonyl (C=O) groups is 2. The third kappa shape index (κ3) is 4.04. The summed E-state index contributed by atoms with van der Waals surface area (Å²) in [7, 11) is 0. The number of urea groups is 1. The van der Waals surface area contributed by atoms with Gasteiger partial charge >= 0.3 is 12.0 Å². The van der Waals surface area contributed by atoms with Gasteiger partial charge in [0.15, 0.2) is 0 Å². The smallest absolute Gasteiger partial charge is 0.326 e. The number of nitrogens with zero attached hydrogens (tertiary/aromatic N) is 2. The normalized spacial score (nSPS) is 12.8. The Morgan fingerprint density at radius 1 is 1.50 bits per heavy atom. The highest BCUT2D eigenvalue weighted by atomic mass is 16.4. The van der Waals surface area contributed by atoms with Crippen molar-refractivity contribution in [1.82, 2.24) is 25.8 Å². The highest BCUT2D eigenvalue weighted by Gasteiger charge is 2.32. The molecule has 4 N–H and O–H groups in total. The van der Waals surface area contributed by atoms with Gasteiger partial charge in [0.1, 0.15) is 18.2 Å². The van der Waals surface area contributed by atoms with Gasteiger partial charge in [-0.15, -0.1) is 0 Å². The van der Waals surface area contributed by atoms with Crippen LogP contribution in [0.3, 0.4) is 0 Å². The number of amides is 2. The number of aliphatic carboxylic acids is 1. The molecule has 1 aromatic heterocycles. The van der Waals surface area contributed by atoms with Crippen LogP contribution in [0, 0.1) is 5.41 Å². The standard InChI is InChI=1S/C10H17N5O3/c1-10(2,3)7(8(16)17)14-9(18)11-4-6-12-5-13-15-6/h5,7H,4H2,1-3H3,(H,16,17)(H2,11,14,18)(H,12,13,15). The molecule has 2 amide bonds. The van der Waals surface area contributed by atoms with E-state index in [4.69, 9.17) is 5.11 Å². The first kappa shape index (κ1) is 13.9. The van der Waals surface area contributed by atoms with Crippen molar-refractivity contribution < 1.29 is 14.7 Å². The van der Waals surface area contributed by atoms with Crippen molar-refractivity contribution in [2.24, 2.45) is 5.41 Å². The Labute approximate surface area is 104 Å². The summed E-state index contributed by atoms with van der Waals surface area (Å²) in [6, 6.07) is -1.53. The summed E-state index contributed by atoms with van der Waals surface area (Å²) in [6.07, 6.45) is 1.32. The van der Waals surface area contributed by atoms with E-state index in [-0.39, 0.29) is 6.54 Å². The van der Waals surface area contributed by atoms with E-state index in [1.807, 2.05) is 0 Å². The van der Waals surface area contributed by atoms with Crippen LogP contribution < -0.4 is 10.6 Å². The van der Waals surface area contributed by atoms with Crippen LogP contribution in [0.1, 0.15) is 26.6 Å². The fraction of sp³-hybridized carbons (Fsp3) is 0.600. The van der Waals surface area contributed by atoms with Gasteiger partial charge in [-0.3, -0.25) is 5.10 Å². The van der Waals surface area contributed by atoms with Gasteiger partial charge in [-0.2, -0.15) is 5.10 Å². The molecule has 8 heteroatoms. The molecular weight excluding hydrogens is 238 g/mol. The Morgan fingerprint density at radius 3 is 2.61 bits per heavy atom. The SMILES string of the molecule is CC(C)(C)C(NC(=O)NCc1ncn[nH]1)C(=O)O. The van der Waals surface area contributed by atoms with Gasteiger partial charge < -0.3 is 15.7 Å². The maximum absolute atomic E-state index is 11.6. The van der Waals surface area contributed by atoms with Crippen LogP contribution in [0.15, 0.2) is 6.33 Å². The fourth-order valence-corrected chi connectivity index (χ4v) is 1.31. The minimum atomic E-state index is -1.07. The van der Waals surface area contributed by atoms with E-state index < -0.39 is 23.5 Å². The monoisotopic (exact) mass is 255 g/mol. The van der Waals surface area contributed by atoms with Gasteiger partial charge in [0, 0.05) is 0 Å². The number of hydrogen-bond donors (Lipinski definition) is 4. The lowest BCUT2D eigenvalue weighted by Crippen LogP contribution is -2.52. The summed E-state index contributed by atoms with van der Waals surface area (Å²) in [5.41, 5.74) is -0.574. The molecule has 0 radical (unpaired) electrons. The first-order valence-electron chi connectivity index (χ1n) is 5.42. The number of hydrogen-bond acceptors (Lipinski definition) is 4. The molecule has 100 valence electrons. The predicted molar refractivity (Wildman–Crippen MR) is 62.6 cm³/mol. The maximum atomic E-state index is 11.6. The van der Waals surface area contributed by atoms with Crippen molar-refractivity contribution in [2.75, 3.05) is 0 Å². The van der Waals surface area contributed by atoms with Crippen LogP contribution in [0.5, 0.6) is 0 Å². The van der Waals surface area contributed by atoms with Crippen LogP contribution in [0.4, 0.5) is 4.79 Å². The molecule has 0 aliphatic heterocycles. The third-order valence-electron chi connectivity index (χ3n) is 2.27. The summed E-state index contributed by atoms with van der Waals surface area (Å²) in [5.74, 6) is -0.579. The number of carbonyl (C=O) groups excluding carboxylic acids is 1. The van der Waals surface area contributed by atoms with Crippen LogP contribution in [0.25, 0.3) is 0 Å². The molecule has 1 aromatic rings. The predicted octanol–water partition coefficient (Wildman–Crippen LogP) is 0.103.